The van der Waals surface area contributed by atoms with Gasteiger partial charge in [-0.3, -0.25) is 4.79 Å². The monoisotopic (exact) mass is 389 g/mol. The van der Waals surface area contributed by atoms with E-state index in [2.05, 4.69) is 20.9 Å². The van der Waals surface area contributed by atoms with Crippen molar-refractivity contribution in [2.45, 2.75) is 6.92 Å². The molecule has 0 saturated carbocycles. The summed E-state index contributed by atoms with van der Waals surface area (Å²) in [6.07, 6.45) is 0. The lowest BCUT2D eigenvalue weighted by Crippen LogP contribution is -2.20. The molecule has 0 fully saturated rings. The molecule has 1 aromatic heterocycles. The Labute approximate surface area is 145 Å². The Morgan fingerprint density at radius 3 is 2.58 bits per heavy atom. The second-order valence-electron chi connectivity index (χ2n) is 5.12. The van der Waals surface area contributed by atoms with E-state index in [1.807, 2.05) is 0 Å². The molecule has 0 bridgehead atoms. The summed E-state index contributed by atoms with van der Waals surface area (Å²) < 4.78 is 19.4. The van der Waals surface area contributed by atoms with Crippen molar-refractivity contribution in [2.75, 3.05) is 6.61 Å². The number of H-pyrrole nitrogens is 1. The summed E-state index contributed by atoms with van der Waals surface area (Å²) in [6.45, 7) is 1.82. The largest absolute Gasteiger partial charge is 0.462 e. The minimum atomic E-state index is -0.706. The smallest absolute Gasteiger partial charge is 0.344 e. The van der Waals surface area contributed by atoms with Gasteiger partial charge in [0.15, 0.2) is 0 Å². The molecule has 0 aliphatic heterocycles. The third kappa shape index (κ3) is 2.97. The van der Waals surface area contributed by atoms with Crippen molar-refractivity contribution in [2.24, 2.45) is 0 Å². The van der Waals surface area contributed by atoms with Gasteiger partial charge in [-0.05, 0) is 42.8 Å². The SMILES string of the molecule is CCOC(=O)c1c(-c2ccc(Br)cc2)[nH]c2cc(F)ccc2c1=O. The number of fused-ring (bicyclic) bond motifs is 1. The van der Waals surface area contributed by atoms with Gasteiger partial charge in [-0.15, -0.1) is 0 Å². The fourth-order valence-electron chi connectivity index (χ4n) is 2.49. The lowest BCUT2D eigenvalue weighted by atomic mass is 10.0. The molecule has 0 spiro atoms. The van der Waals surface area contributed by atoms with E-state index in [1.54, 1.807) is 31.2 Å². The molecular weight excluding hydrogens is 377 g/mol. The fraction of sp³-hybridized carbons (Fsp3) is 0.111. The molecule has 1 heterocycles. The molecule has 0 atom stereocenters. The van der Waals surface area contributed by atoms with E-state index in [9.17, 15) is 14.0 Å². The fourth-order valence-corrected chi connectivity index (χ4v) is 2.76. The summed E-state index contributed by atoms with van der Waals surface area (Å²) >= 11 is 3.34. The molecule has 1 N–H and O–H groups in total. The number of benzene rings is 2. The Morgan fingerprint density at radius 2 is 1.92 bits per heavy atom. The number of carbonyl (C=O) groups is 1. The van der Waals surface area contributed by atoms with Gasteiger partial charge in [-0.2, -0.15) is 0 Å². The molecule has 0 saturated heterocycles. The first-order valence-electron chi connectivity index (χ1n) is 7.30. The maximum Gasteiger partial charge on any atom is 0.344 e. The molecule has 6 heteroatoms. The van der Waals surface area contributed by atoms with Gasteiger partial charge in [0.05, 0.1) is 17.8 Å². The molecule has 0 aliphatic rings. The third-order valence-electron chi connectivity index (χ3n) is 3.58. The maximum atomic E-state index is 13.5. The van der Waals surface area contributed by atoms with Crippen LogP contribution in [0, 0.1) is 5.82 Å². The number of pyridine rings is 1. The zero-order chi connectivity index (χ0) is 17.3. The first kappa shape index (κ1) is 16.4. The predicted molar refractivity (Wildman–Crippen MR) is 93.6 cm³/mol. The molecule has 3 aromatic rings. The molecule has 24 heavy (non-hydrogen) atoms. The van der Waals surface area contributed by atoms with E-state index in [0.29, 0.717) is 16.8 Å². The number of ether oxygens (including phenoxy) is 1. The Morgan fingerprint density at radius 1 is 1.21 bits per heavy atom. The average Bonchev–Trinajstić information content (AvgIpc) is 2.55. The van der Waals surface area contributed by atoms with Crippen LogP contribution in [0.2, 0.25) is 0 Å². The van der Waals surface area contributed by atoms with E-state index in [-0.39, 0.29) is 17.6 Å². The van der Waals surface area contributed by atoms with Crippen LogP contribution in [0.15, 0.2) is 51.7 Å². The number of halogens is 2. The molecule has 0 radical (unpaired) electrons. The van der Waals surface area contributed by atoms with Gasteiger partial charge in [-0.1, -0.05) is 28.1 Å². The summed E-state index contributed by atoms with van der Waals surface area (Å²) in [5.74, 6) is -1.17. The molecule has 4 nitrogen and oxygen atoms in total. The zero-order valence-corrected chi connectivity index (χ0v) is 14.3. The highest BCUT2D eigenvalue weighted by molar-refractivity contribution is 9.10. The lowest BCUT2D eigenvalue weighted by molar-refractivity contribution is 0.0525. The van der Waals surface area contributed by atoms with Gasteiger partial charge in [-0.25, -0.2) is 9.18 Å². The van der Waals surface area contributed by atoms with Crippen LogP contribution in [0.25, 0.3) is 22.2 Å². The predicted octanol–water partition coefficient (Wildman–Crippen LogP) is 4.27. The molecule has 3 rings (SSSR count). The second kappa shape index (κ2) is 6.57. The van der Waals surface area contributed by atoms with Crippen molar-refractivity contribution >= 4 is 32.8 Å². The minimum Gasteiger partial charge on any atom is -0.462 e. The number of hydrogen-bond donors (Lipinski definition) is 1. The maximum absolute atomic E-state index is 13.5. The van der Waals surface area contributed by atoms with E-state index in [1.165, 1.54) is 18.2 Å². The Balaban J connectivity index is 2.35. The number of nitrogens with one attached hydrogen (secondary N) is 1. The van der Waals surface area contributed by atoms with Crippen LogP contribution in [0.3, 0.4) is 0 Å². The lowest BCUT2D eigenvalue weighted by Gasteiger charge is -2.11. The van der Waals surface area contributed by atoms with Crippen LogP contribution < -0.4 is 5.43 Å². The molecule has 122 valence electrons. The van der Waals surface area contributed by atoms with Gasteiger partial charge in [0.2, 0.25) is 5.43 Å². The summed E-state index contributed by atoms with van der Waals surface area (Å²) in [4.78, 5) is 28.1. The van der Waals surface area contributed by atoms with Gasteiger partial charge in [0.1, 0.15) is 11.4 Å². The Hall–Kier alpha value is -2.47. The van der Waals surface area contributed by atoms with E-state index >= 15 is 0 Å². The van der Waals surface area contributed by atoms with Crippen molar-refractivity contribution in [1.82, 2.24) is 4.98 Å². The number of esters is 1. The normalized spacial score (nSPS) is 10.8. The quantitative estimate of drug-likeness (QED) is 0.680. The third-order valence-corrected chi connectivity index (χ3v) is 4.10. The zero-order valence-electron chi connectivity index (χ0n) is 12.7. The standard InChI is InChI=1S/C18H13BrFNO3/c1-2-24-18(23)15-16(10-3-5-11(19)6-4-10)21-14-9-12(20)7-8-13(14)17(15)22/h3-9H,2H2,1H3,(H,21,22). The first-order chi connectivity index (χ1) is 11.5. The number of aromatic amines is 1. The molecule has 2 aromatic carbocycles. The summed E-state index contributed by atoms with van der Waals surface area (Å²) in [5.41, 5.74) is 0.693. The highest BCUT2D eigenvalue weighted by Crippen LogP contribution is 2.25. The first-order valence-corrected chi connectivity index (χ1v) is 8.09. The molecule has 0 unspecified atom stereocenters. The highest BCUT2D eigenvalue weighted by atomic mass is 79.9. The van der Waals surface area contributed by atoms with Crippen molar-refractivity contribution in [3.8, 4) is 11.3 Å². The number of hydrogen-bond acceptors (Lipinski definition) is 3. The van der Waals surface area contributed by atoms with E-state index in [4.69, 9.17) is 4.74 Å². The van der Waals surface area contributed by atoms with E-state index < -0.39 is 17.2 Å². The molecule has 0 amide bonds. The van der Waals surface area contributed by atoms with Gasteiger partial charge < -0.3 is 9.72 Å². The summed E-state index contributed by atoms with van der Waals surface area (Å²) in [5, 5.41) is 0.236. The van der Waals surface area contributed by atoms with Crippen LogP contribution in [-0.4, -0.2) is 17.6 Å². The second-order valence-corrected chi connectivity index (χ2v) is 6.04. The van der Waals surface area contributed by atoms with Gasteiger partial charge in [0, 0.05) is 9.86 Å². The van der Waals surface area contributed by atoms with Crippen LogP contribution in [0.5, 0.6) is 0 Å². The Bertz CT molecular complexity index is 980. The average molecular weight is 390 g/mol. The van der Waals surface area contributed by atoms with Crippen LogP contribution in [0.1, 0.15) is 17.3 Å². The van der Waals surface area contributed by atoms with Crippen LogP contribution in [-0.2, 0) is 4.74 Å². The molecular formula is C18H13BrFNO3. The molecule has 0 aliphatic carbocycles. The van der Waals surface area contributed by atoms with Crippen LogP contribution in [0.4, 0.5) is 4.39 Å². The van der Waals surface area contributed by atoms with Crippen molar-refractivity contribution < 1.29 is 13.9 Å². The van der Waals surface area contributed by atoms with E-state index in [0.717, 1.165) is 4.47 Å². The van der Waals surface area contributed by atoms with Crippen molar-refractivity contribution in [3.63, 3.8) is 0 Å². The van der Waals surface area contributed by atoms with Crippen molar-refractivity contribution in [3.05, 3.63) is 68.5 Å². The Kier molecular flexibility index (Phi) is 4.49. The minimum absolute atomic E-state index is 0.0849. The topological polar surface area (TPSA) is 59.2 Å². The highest BCUT2D eigenvalue weighted by Gasteiger charge is 2.21. The summed E-state index contributed by atoms with van der Waals surface area (Å²) in [6, 6.07) is 10.9. The van der Waals surface area contributed by atoms with Crippen LogP contribution >= 0.6 is 15.9 Å². The summed E-state index contributed by atoms with van der Waals surface area (Å²) in [7, 11) is 0. The van der Waals surface area contributed by atoms with Gasteiger partial charge >= 0.3 is 5.97 Å². The van der Waals surface area contributed by atoms with Crippen molar-refractivity contribution in [1.29, 1.82) is 0 Å². The number of rotatable bonds is 3. The van der Waals surface area contributed by atoms with Gasteiger partial charge in [0.25, 0.3) is 0 Å². The number of carbonyl (C=O) groups excluding carboxylic acids is 1. The number of aromatic nitrogens is 1.